The smallest absolute Gasteiger partial charge is 0.0471 e. The van der Waals surface area contributed by atoms with Crippen LogP contribution in [-0.4, -0.2) is 11.4 Å². The molecular formula is C36H38N4. The molecule has 2 aliphatic rings. The second kappa shape index (κ2) is 12.1. The molecule has 4 nitrogen and oxygen atoms in total. The fraction of sp³-hybridized carbons (Fsp3) is 0.278. The summed E-state index contributed by atoms with van der Waals surface area (Å²) < 4.78 is 0. The lowest BCUT2D eigenvalue weighted by atomic mass is 9.81. The molecule has 2 heterocycles. The maximum absolute atomic E-state index is 5.08. The highest BCUT2D eigenvalue weighted by Gasteiger charge is 2.35. The predicted octanol–water partition coefficient (Wildman–Crippen LogP) is 8.01. The van der Waals surface area contributed by atoms with Crippen LogP contribution in [0.15, 0.2) is 132 Å². The summed E-state index contributed by atoms with van der Waals surface area (Å²) in [5.41, 5.74) is 7.48. The minimum atomic E-state index is 0.179. The molecule has 202 valence electrons. The zero-order valence-electron chi connectivity index (χ0n) is 23.3. The largest absolute Gasteiger partial charge is 0.302 e. The first kappa shape index (κ1) is 26.4. The van der Waals surface area contributed by atoms with Gasteiger partial charge < -0.3 is 10.6 Å². The molecule has 4 aromatic rings. The van der Waals surface area contributed by atoms with Crippen molar-refractivity contribution in [2.24, 2.45) is 22.0 Å². The van der Waals surface area contributed by atoms with Gasteiger partial charge in [-0.15, -0.1) is 0 Å². The van der Waals surface area contributed by atoms with Crippen LogP contribution in [-0.2, 0) is 0 Å². The van der Waals surface area contributed by atoms with Crippen molar-refractivity contribution in [1.29, 1.82) is 0 Å². The van der Waals surface area contributed by atoms with E-state index in [9.17, 15) is 0 Å². The van der Waals surface area contributed by atoms with Crippen LogP contribution in [0.5, 0.6) is 0 Å². The molecule has 4 aromatic carbocycles. The van der Waals surface area contributed by atoms with E-state index in [1.54, 1.807) is 0 Å². The van der Waals surface area contributed by atoms with Crippen LogP contribution >= 0.6 is 0 Å². The highest BCUT2D eigenvalue weighted by Crippen LogP contribution is 2.37. The van der Waals surface area contributed by atoms with Gasteiger partial charge in [0.1, 0.15) is 0 Å². The monoisotopic (exact) mass is 526 g/mol. The van der Waals surface area contributed by atoms with Gasteiger partial charge in [-0.1, -0.05) is 135 Å². The average Bonchev–Trinajstić information content (AvgIpc) is 3.03. The highest BCUT2D eigenvalue weighted by molar-refractivity contribution is 5.92. The van der Waals surface area contributed by atoms with Gasteiger partial charge >= 0.3 is 0 Å². The molecule has 0 radical (unpaired) electrons. The number of nitrogens with one attached hydrogen (secondary N) is 2. The molecule has 2 saturated heterocycles. The SMILES string of the molecule is C[C@H]1/C(=N\N=C2/C[C@H](c3ccccc3)N[C@H](c3ccccc3)[C@H]2C)C[C@H](c2ccccc2)N[C@@H]1c1ccccc1. The molecule has 0 aliphatic carbocycles. The van der Waals surface area contributed by atoms with Crippen molar-refractivity contribution in [2.75, 3.05) is 0 Å². The number of piperidine rings is 2. The summed E-state index contributed by atoms with van der Waals surface area (Å²) in [4.78, 5) is 0. The van der Waals surface area contributed by atoms with Crippen LogP contribution in [0.3, 0.4) is 0 Å². The van der Waals surface area contributed by atoms with E-state index in [4.69, 9.17) is 10.2 Å². The maximum Gasteiger partial charge on any atom is 0.0471 e. The molecule has 0 amide bonds. The summed E-state index contributed by atoms with van der Waals surface area (Å²) in [6.45, 7) is 4.58. The Morgan fingerprint density at radius 3 is 1.07 bits per heavy atom. The number of rotatable bonds is 5. The Bertz CT molecular complexity index is 1320. The van der Waals surface area contributed by atoms with Crippen molar-refractivity contribution < 1.29 is 0 Å². The number of hydrogen-bond donors (Lipinski definition) is 2. The Morgan fingerprint density at radius 1 is 0.450 bits per heavy atom. The minimum Gasteiger partial charge on any atom is -0.302 e. The van der Waals surface area contributed by atoms with Crippen molar-refractivity contribution in [3.8, 4) is 0 Å². The molecule has 0 aromatic heterocycles. The lowest BCUT2D eigenvalue weighted by Gasteiger charge is -2.38. The molecule has 6 rings (SSSR count). The number of benzene rings is 4. The first-order valence-corrected chi connectivity index (χ1v) is 14.5. The van der Waals surface area contributed by atoms with Crippen LogP contribution in [0.4, 0.5) is 0 Å². The summed E-state index contributed by atoms with van der Waals surface area (Å²) in [6.07, 6.45) is 1.70. The quantitative estimate of drug-likeness (QED) is 0.259. The van der Waals surface area contributed by atoms with E-state index in [0.717, 1.165) is 24.3 Å². The fourth-order valence-corrected chi connectivity index (χ4v) is 6.30. The van der Waals surface area contributed by atoms with Gasteiger partial charge in [-0.2, -0.15) is 10.2 Å². The summed E-state index contributed by atoms with van der Waals surface area (Å²) in [6, 6.07) is 43.7. The molecule has 0 unspecified atom stereocenters. The van der Waals surface area contributed by atoms with Gasteiger partial charge in [0.05, 0.1) is 0 Å². The zero-order chi connectivity index (χ0) is 27.3. The van der Waals surface area contributed by atoms with Gasteiger partial charge in [-0.3, -0.25) is 0 Å². The van der Waals surface area contributed by atoms with Gasteiger partial charge in [0.2, 0.25) is 0 Å². The first-order chi connectivity index (χ1) is 19.7. The molecule has 6 atom stereocenters. The molecule has 0 bridgehead atoms. The highest BCUT2D eigenvalue weighted by atomic mass is 15.2. The molecule has 2 aliphatic heterocycles. The van der Waals surface area contributed by atoms with E-state index >= 15 is 0 Å². The van der Waals surface area contributed by atoms with Crippen molar-refractivity contribution in [3.63, 3.8) is 0 Å². The van der Waals surface area contributed by atoms with Crippen molar-refractivity contribution in [2.45, 2.75) is 50.9 Å². The fourth-order valence-electron chi connectivity index (χ4n) is 6.30. The summed E-state index contributed by atoms with van der Waals surface area (Å²) in [5.74, 6) is 0.470. The van der Waals surface area contributed by atoms with Crippen LogP contribution in [0.1, 0.15) is 73.1 Å². The second-order valence-electron chi connectivity index (χ2n) is 11.2. The normalized spacial score (nSPS) is 28.9. The van der Waals surface area contributed by atoms with E-state index in [0.29, 0.717) is 0 Å². The third-order valence-electron chi connectivity index (χ3n) is 8.67. The second-order valence-corrected chi connectivity index (χ2v) is 11.2. The Kier molecular flexibility index (Phi) is 7.99. The molecule has 0 spiro atoms. The van der Waals surface area contributed by atoms with Gasteiger partial charge in [-0.05, 0) is 22.3 Å². The van der Waals surface area contributed by atoms with Crippen LogP contribution < -0.4 is 10.6 Å². The number of nitrogens with zero attached hydrogens (tertiary/aromatic N) is 2. The topological polar surface area (TPSA) is 48.8 Å². The predicted molar refractivity (Wildman–Crippen MR) is 165 cm³/mol. The molecule has 40 heavy (non-hydrogen) atoms. The molecule has 4 heteroatoms. The molecule has 2 N–H and O–H groups in total. The third kappa shape index (κ3) is 5.70. The Balaban J connectivity index is 1.36. The molecular weight excluding hydrogens is 488 g/mol. The van der Waals surface area contributed by atoms with E-state index < -0.39 is 0 Å². The Labute approximate surface area is 238 Å². The van der Waals surface area contributed by atoms with E-state index in [2.05, 4.69) is 146 Å². The first-order valence-electron chi connectivity index (χ1n) is 14.5. The summed E-state index contributed by atoms with van der Waals surface area (Å²) in [5, 5.41) is 18.0. The van der Waals surface area contributed by atoms with Crippen molar-refractivity contribution in [3.05, 3.63) is 144 Å². The van der Waals surface area contributed by atoms with Crippen LogP contribution in [0, 0.1) is 11.8 Å². The Morgan fingerprint density at radius 2 is 0.750 bits per heavy atom. The van der Waals surface area contributed by atoms with Gasteiger partial charge in [0.25, 0.3) is 0 Å². The molecule has 2 fully saturated rings. The maximum atomic E-state index is 5.08. The summed E-state index contributed by atoms with van der Waals surface area (Å²) >= 11 is 0. The van der Waals surface area contributed by atoms with Gasteiger partial charge in [0, 0.05) is 60.3 Å². The van der Waals surface area contributed by atoms with Gasteiger partial charge in [-0.25, -0.2) is 0 Å². The molecule has 0 saturated carbocycles. The third-order valence-corrected chi connectivity index (χ3v) is 8.67. The summed E-state index contributed by atoms with van der Waals surface area (Å²) in [7, 11) is 0. The standard InChI is InChI=1S/C36H38N4/c1-25-31(23-33(27-15-7-3-8-16-27)37-35(25)29-19-11-5-12-20-29)39-40-32-24-34(28-17-9-4-10-18-28)38-36(26(32)2)30-21-13-6-14-22-30/h3-22,25-26,33-38H,23-24H2,1-2H3/b39-31-,40-32+/t25-,26-,33+,34+,35-,36-/m0/s1. The van der Waals surface area contributed by atoms with Crippen molar-refractivity contribution in [1.82, 2.24) is 10.6 Å². The number of hydrogen-bond acceptors (Lipinski definition) is 4. The van der Waals surface area contributed by atoms with Crippen molar-refractivity contribution >= 4 is 11.4 Å². The lowest BCUT2D eigenvalue weighted by Crippen LogP contribution is -2.42. The Hall–Kier alpha value is -3.86. The van der Waals surface area contributed by atoms with Crippen LogP contribution in [0.2, 0.25) is 0 Å². The van der Waals surface area contributed by atoms with E-state index in [-0.39, 0.29) is 36.0 Å². The van der Waals surface area contributed by atoms with Gasteiger partial charge in [0.15, 0.2) is 0 Å². The van der Waals surface area contributed by atoms with E-state index in [1.807, 2.05) is 0 Å². The average molecular weight is 527 g/mol. The van der Waals surface area contributed by atoms with Crippen LogP contribution in [0.25, 0.3) is 0 Å². The minimum absolute atomic E-state index is 0.179. The zero-order valence-corrected chi connectivity index (χ0v) is 23.3. The van der Waals surface area contributed by atoms with E-state index in [1.165, 1.54) is 22.3 Å². The lowest BCUT2D eigenvalue weighted by molar-refractivity contribution is 0.360.